The molecule has 3 nitrogen and oxygen atoms in total. The Bertz CT molecular complexity index is 243. The quantitative estimate of drug-likeness (QED) is 0.418. The lowest BCUT2D eigenvalue weighted by Gasteiger charge is -2.03. The summed E-state index contributed by atoms with van der Waals surface area (Å²) in [6.07, 6.45) is 0. The third kappa shape index (κ3) is 2.62. The van der Waals surface area contributed by atoms with E-state index < -0.39 is 0 Å². The summed E-state index contributed by atoms with van der Waals surface area (Å²) in [4.78, 5) is 9.79. The van der Waals surface area contributed by atoms with E-state index in [9.17, 15) is 4.79 Å². The highest BCUT2D eigenvalue weighted by molar-refractivity contribution is 5.45. The van der Waals surface area contributed by atoms with Gasteiger partial charge in [-0.1, -0.05) is 17.7 Å². The Balaban J connectivity index is 2.42. The van der Waals surface area contributed by atoms with Crippen LogP contribution in [0.4, 0.5) is 5.69 Å². The lowest BCUT2D eigenvalue weighted by Crippen LogP contribution is -2.04. The van der Waals surface area contributed by atoms with Crippen LogP contribution in [0.15, 0.2) is 24.3 Å². The predicted molar refractivity (Wildman–Crippen MR) is 46.8 cm³/mol. The van der Waals surface area contributed by atoms with E-state index in [1.54, 1.807) is 0 Å². The van der Waals surface area contributed by atoms with E-state index in [-0.39, 0.29) is 6.73 Å². The van der Waals surface area contributed by atoms with E-state index in [1.807, 2.05) is 31.2 Å². The number of hydrogen-bond donors (Lipinski definition) is 1. The van der Waals surface area contributed by atoms with Crippen LogP contribution in [0, 0.1) is 6.92 Å². The molecule has 12 heavy (non-hydrogen) atoms. The predicted octanol–water partition coefficient (Wildman–Crippen LogP) is 1.54. The Morgan fingerprint density at radius 1 is 1.42 bits per heavy atom. The van der Waals surface area contributed by atoms with Gasteiger partial charge < -0.3 is 10.1 Å². The molecule has 0 heterocycles. The molecule has 0 aliphatic carbocycles. The van der Waals surface area contributed by atoms with Crippen molar-refractivity contribution < 1.29 is 9.53 Å². The standard InChI is InChI=1S/C9H11NO2/c1-8-2-4-9(5-3-8)10-6-12-7-11/h2-5,7,10H,6H2,1H3. The first-order valence-electron chi connectivity index (χ1n) is 3.69. The molecule has 1 aromatic rings. The zero-order valence-electron chi connectivity index (χ0n) is 6.91. The number of benzene rings is 1. The van der Waals surface area contributed by atoms with Gasteiger partial charge in [0, 0.05) is 5.69 Å². The van der Waals surface area contributed by atoms with Gasteiger partial charge in [0.2, 0.25) is 0 Å². The van der Waals surface area contributed by atoms with Gasteiger partial charge in [0.15, 0.2) is 6.73 Å². The highest BCUT2D eigenvalue weighted by Crippen LogP contribution is 2.07. The maximum Gasteiger partial charge on any atom is 0.294 e. The molecule has 0 aromatic heterocycles. The van der Waals surface area contributed by atoms with Gasteiger partial charge in [-0.25, -0.2) is 0 Å². The Morgan fingerprint density at radius 3 is 2.67 bits per heavy atom. The minimum atomic E-state index is 0.215. The van der Waals surface area contributed by atoms with Crippen molar-refractivity contribution in [1.29, 1.82) is 0 Å². The van der Waals surface area contributed by atoms with Gasteiger partial charge in [0.1, 0.15) is 0 Å². The molecule has 1 aromatic carbocycles. The van der Waals surface area contributed by atoms with Gasteiger partial charge in [-0.2, -0.15) is 0 Å². The molecule has 0 aliphatic heterocycles. The SMILES string of the molecule is Cc1ccc(NCOC=O)cc1. The molecule has 0 aliphatic rings. The summed E-state index contributed by atoms with van der Waals surface area (Å²) in [5.41, 5.74) is 2.15. The number of aryl methyl sites for hydroxylation is 1. The number of carbonyl (C=O) groups is 1. The van der Waals surface area contributed by atoms with Crippen molar-refractivity contribution in [2.45, 2.75) is 6.92 Å². The molecular formula is C9H11NO2. The Hall–Kier alpha value is -1.51. The molecule has 0 saturated heterocycles. The molecule has 0 fully saturated rings. The van der Waals surface area contributed by atoms with Crippen molar-refractivity contribution >= 4 is 12.2 Å². The lowest BCUT2D eigenvalue weighted by atomic mass is 10.2. The summed E-state index contributed by atoms with van der Waals surface area (Å²) in [5, 5.41) is 2.92. The first-order valence-corrected chi connectivity index (χ1v) is 3.69. The third-order valence-corrected chi connectivity index (χ3v) is 1.48. The smallest absolute Gasteiger partial charge is 0.294 e. The summed E-state index contributed by atoms with van der Waals surface area (Å²) in [6, 6.07) is 7.85. The van der Waals surface area contributed by atoms with E-state index in [1.165, 1.54) is 5.56 Å². The zero-order valence-corrected chi connectivity index (χ0v) is 6.91. The van der Waals surface area contributed by atoms with E-state index in [0.29, 0.717) is 6.47 Å². The first kappa shape index (κ1) is 8.59. The maximum absolute atomic E-state index is 9.79. The highest BCUT2D eigenvalue weighted by atomic mass is 16.5. The van der Waals surface area contributed by atoms with Crippen LogP contribution in [0.25, 0.3) is 0 Å². The van der Waals surface area contributed by atoms with Crippen molar-refractivity contribution in [2.75, 3.05) is 12.0 Å². The fourth-order valence-electron chi connectivity index (χ4n) is 0.830. The number of hydrogen-bond acceptors (Lipinski definition) is 3. The zero-order chi connectivity index (χ0) is 8.81. The van der Waals surface area contributed by atoms with Crippen LogP contribution in [0.3, 0.4) is 0 Å². The van der Waals surface area contributed by atoms with Crippen molar-refractivity contribution in [3.8, 4) is 0 Å². The van der Waals surface area contributed by atoms with Gasteiger partial charge >= 0.3 is 0 Å². The van der Waals surface area contributed by atoms with Crippen LogP contribution in [-0.2, 0) is 9.53 Å². The second-order valence-corrected chi connectivity index (χ2v) is 2.45. The molecule has 0 bridgehead atoms. The molecule has 0 unspecified atom stereocenters. The molecule has 0 amide bonds. The van der Waals surface area contributed by atoms with E-state index in [2.05, 4.69) is 10.1 Å². The summed E-state index contributed by atoms with van der Waals surface area (Å²) in [5.74, 6) is 0. The van der Waals surface area contributed by atoms with Crippen LogP contribution in [0.2, 0.25) is 0 Å². The van der Waals surface area contributed by atoms with Crippen molar-refractivity contribution in [2.24, 2.45) is 0 Å². The van der Waals surface area contributed by atoms with Crippen LogP contribution in [0.5, 0.6) is 0 Å². The maximum atomic E-state index is 9.79. The van der Waals surface area contributed by atoms with Crippen molar-refractivity contribution in [3.05, 3.63) is 29.8 Å². The summed E-state index contributed by atoms with van der Waals surface area (Å²) in [6.45, 7) is 2.65. The normalized spacial score (nSPS) is 9.08. The highest BCUT2D eigenvalue weighted by Gasteiger charge is 1.88. The first-order chi connectivity index (χ1) is 5.83. The fourth-order valence-corrected chi connectivity index (χ4v) is 0.830. The molecule has 0 spiro atoms. The lowest BCUT2D eigenvalue weighted by molar-refractivity contribution is -0.127. The van der Waals surface area contributed by atoms with E-state index in [4.69, 9.17) is 0 Å². The number of nitrogens with one attached hydrogen (secondary N) is 1. The minimum absolute atomic E-state index is 0.215. The number of anilines is 1. The molecule has 1 rings (SSSR count). The van der Waals surface area contributed by atoms with Crippen LogP contribution in [-0.4, -0.2) is 13.2 Å². The van der Waals surface area contributed by atoms with Gasteiger partial charge in [-0.15, -0.1) is 0 Å². The number of ether oxygens (including phenoxy) is 1. The second-order valence-electron chi connectivity index (χ2n) is 2.45. The Labute approximate surface area is 71.4 Å². The molecule has 64 valence electrons. The van der Waals surface area contributed by atoms with Crippen LogP contribution in [0.1, 0.15) is 5.56 Å². The molecule has 1 N–H and O–H groups in total. The average Bonchev–Trinajstić information content (AvgIpc) is 2.09. The number of carbonyl (C=O) groups excluding carboxylic acids is 1. The van der Waals surface area contributed by atoms with Crippen molar-refractivity contribution in [1.82, 2.24) is 0 Å². The third-order valence-electron chi connectivity index (χ3n) is 1.48. The van der Waals surface area contributed by atoms with Crippen LogP contribution >= 0.6 is 0 Å². The average molecular weight is 165 g/mol. The Morgan fingerprint density at radius 2 is 2.08 bits per heavy atom. The van der Waals surface area contributed by atoms with Crippen molar-refractivity contribution in [3.63, 3.8) is 0 Å². The molecule has 0 atom stereocenters. The number of rotatable bonds is 4. The molecular weight excluding hydrogens is 154 g/mol. The van der Waals surface area contributed by atoms with Crippen LogP contribution < -0.4 is 5.32 Å². The summed E-state index contributed by atoms with van der Waals surface area (Å²) >= 11 is 0. The molecule has 0 saturated carbocycles. The van der Waals surface area contributed by atoms with E-state index >= 15 is 0 Å². The van der Waals surface area contributed by atoms with Gasteiger partial charge in [0.25, 0.3) is 6.47 Å². The Kier molecular flexibility index (Phi) is 3.14. The van der Waals surface area contributed by atoms with Gasteiger partial charge in [0.05, 0.1) is 0 Å². The monoisotopic (exact) mass is 165 g/mol. The topological polar surface area (TPSA) is 38.3 Å². The largest absolute Gasteiger partial charge is 0.447 e. The molecule has 3 heteroatoms. The molecule has 0 radical (unpaired) electrons. The second kappa shape index (κ2) is 4.38. The van der Waals surface area contributed by atoms with E-state index in [0.717, 1.165) is 5.69 Å². The van der Waals surface area contributed by atoms with Gasteiger partial charge in [-0.05, 0) is 19.1 Å². The minimum Gasteiger partial charge on any atom is -0.447 e. The summed E-state index contributed by atoms with van der Waals surface area (Å²) < 4.78 is 4.48. The summed E-state index contributed by atoms with van der Waals surface area (Å²) in [7, 11) is 0. The van der Waals surface area contributed by atoms with Gasteiger partial charge in [-0.3, -0.25) is 4.79 Å². The fraction of sp³-hybridized carbons (Fsp3) is 0.222.